The van der Waals surface area contributed by atoms with Gasteiger partial charge in [0.1, 0.15) is 0 Å². The molecular weight excluding hydrogens is 270 g/mol. The Kier molecular flexibility index (Phi) is 5.94. The van der Waals surface area contributed by atoms with Gasteiger partial charge < -0.3 is 0 Å². The number of piperidine rings is 1. The molecule has 1 heterocycles. The van der Waals surface area contributed by atoms with E-state index in [2.05, 4.69) is 20.8 Å². The second-order valence-electron chi connectivity index (χ2n) is 6.47. The average molecular weight is 296 g/mol. The van der Waals surface area contributed by atoms with Gasteiger partial charge in [0.05, 0.1) is 5.75 Å². The van der Waals surface area contributed by atoms with E-state index in [0.29, 0.717) is 31.3 Å². The maximum Gasteiger partial charge on any atom is 0.214 e. The first-order chi connectivity index (χ1) is 8.24. The lowest BCUT2D eigenvalue weighted by atomic mass is 9.94. The molecule has 1 aliphatic heterocycles. The zero-order chi connectivity index (χ0) is 13.8. The van der Waals surface area contributed by atoms with Gasteiger partial charge in [-0.05, 0) is 37.0 Å². The van der Waals surface area contributed by atoms with E-state index in [4.69, 9.17) is 11.6 Å². The Balaban J connectivity index is 2.56. The fourth-order valence-corrected chi connectivity index (χ4v) is 4.52. The van der Waals surface area contributed by atoms with Gasteiger partial charge in [-0.3, -0.25) is 0 Å². The van der Waals surface area contributed by atoms with E-state index in [1.54, 1.807) is 4.31 Å². The summed E-state index contributed by atoms with van der Waals surface area (Å²) >= 11 is 5.75. The van der Waals surface area contributed by atoms with Gasteiger partial charge in [-0.1, -0.05) is 20.8 Å². The number of hydrogen-bond acceptors (Lipinski definition) is 2. The maximum absolute atomic E-state index is 12.3. The minimum Gasteiger partial charge on any atom is -0.212 e. The van der Waals surface area contributed by atoms with Crippen molar-refractivity contribution in [2.24, 2.45) is 11.3 Å². The molecule has 108 valence electrons. The van der Waals surface area contributed by atoms with E-state index in [1.165, 1.54) is 0 Å². The number of hydrogen-bond donors (Lipinski definition) is 0. The molecule has 1 fully saturated rings. The highest BCUT2D eigenvalue weighted by Crippen LogP contribution is 2.25. The van der Waals surface area contributed by atoms with Crippen LogP contribution in [0, 0.1) is 11.3 Å². The van der Waals surface area contributed by atoms with Gasteiger partial charge in [0, 0.05) is 19.0 Å². The molecule has 0 radical (unpaired) electrons. The van der Waals surface area contributed by atoms with Crippen molar-refractivity contribution in [3.63, 3.8) is 0 Å². The van der Waals surface area contributed by atoms with Crippen LogP contribution in [0.15, 0.2) is 0 Å². The van der Waals surface area contributed by atoms with E-state index in [-0.39, 0.29) is 11.2 Å². The van der Waals surface area contributed by atoms with Crippen molar-refractivity contribution in [3.8, 4) is 0 Å². The average Bonchev–Trinajstić information content (AvgIpc) is 2.27. The SMILES string of the molecule is CC(C)(C)CCS(=O)(=O)N1CCCC(CCCl)C1. The summed E-state index contributed by atoms with van der Waals surface area (Å²) in [4.78, 5) is 0. The summed E-state index contributed by atoms with van der Waals surface area (Å²) in [5, 5.41) is 0. The third-order valence-corrected chi connectivity index (χ3v) is 5.56. The first-order valence-corrected chi connectivity index (χ1v) is 8.93. The Morgan fingerprint density at radius 1 is 1.33 bits per heavy atom. The Morgan fingerprint density at radius 2 is 2.00 bits per heavy atom. The van der Waals surface area contributed by atoms with Crippen molar-refractivity contribution < 1.29 is 8.42 Å². The van der Waals surface area contributed by atoms with E-state index >= 15 is 0 Å². The molecule has 0 bridgehead atoms. The number of alkyl halides is 1. The van der Waals surface area contributed by atoms with Crippen molar-refractivity contribution in [3.05, 3.63) is 0 Å². The molecular formula is C13H26ClNO2S. The fourth-order valence-electron chi connectivity index (χ4n) is 2.23. The summed E-state index contributed by atoms with van der Waals surface area (Å²) in [6.07, 6.45) is 3.72. The predicted molar refractivity (Wildman–Crippen MR) is 77.5 cm³/mol. The molecule has 5 heteroatoms. The standard InChI is InChI=1S/C13H26ClNO2S/c1-13(2,3)7-10-18(16,17)15-9-4-5-12(11-15)6-8-14/h12H,4-11H2,1-3H3. The molecule has 0 N–H and O–H groups in total. The second-order valence-corrected chi connectivity index (χ2v) is 8.94. The predicted octanol–water partition coefficient (Wildman–Crippen LogP) is 3.09. The van der Waals surface area contributed by atoms with Crippen LogP contribution in [-0.2, 0) is 10.0 Å². The molecule has 0 aliphatic carbocycles. The molecule has 1 rings (SSSR count). The molecule has 0 aromatic heterocycles. The molecule has 0 aromatic carbocycles. The van der Waals surface area contributed by atoms with Crippen LogP contribution in [0.2, 0.25) is 0 Å². The number of nitrogens with zero attached hydrogens (tertiary/aromatic N) is 1. The summed E-state index contributed by atoms with van der Waals surface area (Å²) in [6.45, 7) is 7.59. The first-order valence-electron chi connectivity index (χ1n) is 6.78. The van der Waals surface area contributed by atoms with E-state index < -0.39 is 10.0 Å². The summed E-state index contributed by atoms with van der Waals surface area (Å²) in [7, 11) is -3.08. The van der Waals surface area contributed by atoms with Crippen molar-refractivity contribution in [1.82, 2.24) is 4.31 Å². The molecule has 1 atom stereocenters. The minimum absolute atomic E-state index is 0.0679. The van der Waals surface area contributed by atoms with Crippen LogP contribution in [0.3, 0.4) is 0 Å². The summed E-state index contributed by atoms with van der Waals surface area (Å²) in [6, 6.07) is 0. The Bertz CT molecular complexity index is 346. The van der Waals surface area contributed by atoms with Gasteiger partial charge in [-0.2, -0.15) is 0 Å². The first kappa shape index (κ1) is 16.3. The van der Waals surface area contributed by atoms with Gasteiger partial charge in [0.25, 0.3) is 0 Å². The fraction of sp³-hybridized carbons (Fsp3) is 1.00. The van der Waals surface area contributed by atoms with Gasteiger partial charge in [-0.15, -0.1) is 11.6 Å². The van der Waals surface area contributed by atoms with Crippen molar-refractivity contribution in [2.75, 3.05) is 24.7 Å². The normalized spacial score (nSPS) is 23.2. The molecule has 1 aliphatic rings. The molecule has 18 heavy (non-hydrogen) atoms. The monoisotopic (exact) mass is 295 g/mol. The summed E-state index contributed by atoms with van der Waals surface area (Å²) in [5.74, 6) is 1.34. The van der Waals surface area contributed by atoms with Crippen LogP contribution in [0.1, 0.15) is 46.5 Å². The van der Waals surface area contributed by atoms with Gasteiger partial charge >= 0.3 is 0 Å². The third kappa shape index (κ3) is 5.45. The largest absolute Gasteiger partial charge is 0.214 e. The van der Waals surface area contributed by atoms with Gasteiger partial charge in [0.15, 0.2) is 0 Å². The quantitative estimate of drug-likeness (QED) is 0.731. The number of halogens is 1. The summed E-state index contributed by atoms with van der Waals surface area (Å²) < 4.78 is 26.2. The molecule has 0 aromatic rings. The van der Waals surface area contributed by atoms with E-state index in [1.807, 2.05) is 0 Å². The molecule has 1 unspecified atom stereocenters. The second kappa shape index (κ2) is 6.58. The van der Waals surface area contributed by atoms with Crippen LogP contribution >= 0.6 is 11.6 Å². The van der Waals surface area contributed by atoms with Crippen LogP contribution in [0.25, 0.3) is 0 Å². The highest BCUT2D eigenvalue weighted by Gasteiger charge is 2.29. The Hall–Kier alpha value is 0.200. The summed E-state index contributed by atoms with van der Waals surface area (Å²) in [5.41, 5.74) is 0.0679. The maximum atomic E-state index is 12.3. The Labute approximate surface area is 117 Å². The number of sulfonamides is 1. The zero-order valence-electron chi connectivity index (χ0n) is 11.8. The highest BCUT2D eigenvalue weighted by atomic mass is 35.5. The highest BCUT2D eigenvalue weighted by molar-refractivity contribution is 7.89. The van der Waals surface area contributed by atoms with E-state index in [0.717, 1.165) is 19.3 Å². The molecule has 0 saturated carbocycles. The van der Waals surface area contributed by atoms with Gasteiger partial charge in [-0.25, -0.2) is 12.7 Å². The zero-order valence-corrected chi connectivity index (χ0v) is 13.4. The van der Waals surface area contributed by atoms with Crippen molar-refractivity contribution in [1.29, 1.82) is 0 Å². The van der Waals surface area contributed by atoms with Gasteiger partial charge in [0.2, 0.25) is 10.0 Å². The lowest BCUT2D eigenvalue weighted by Gasteiger charge is -2.32. The van der Waals surface area contributed by atoms with Crippen LogP contribution in [0.5, 0.6) is 0 Å². The topological polar surface area (TPSA) is 37.4 Å². The lowest BCUT2D eigenvalue weighted by Crippen LogP contribution is -2.41. The van der Waals surface area contributed by atoms with Crippen LogP contribution in [-0.4, -0.2) is 37.4 Å². The van der Waals surface area contributed by atoms with Crippen LogP contribution in [0.4, 0.5) is 0 Å². The van der Waals surface area contributed by atoms with E-state index in [9.17, 15) is 8.42 Å². The third-order valence-electron chi connectivity index (χ3n) is 3.50. The molecule has 0 amide bonds. The van der Waals surface area contributed by atoms with Crippen LogP contribution < -0.4 is 0 Å². The van der Waals surface area contributed by atoms with Crippen molar-refractivity contribution >= 4 is 21.6 Å². The minimum atomic E-state index is -3.08. The Morgan fingerprint density at radius 3 is 2.56 bits per heavy atom. The molecule has 3 nitrogen and oxygen atoms in total. The lowest BCUT2D eigenvalue weighted by molar-refractivity contribution is 0.260. The van der Waals surface area contributed by atoms with Crippen molar-refractivity contribution in [2.45, 2.75) is 46.5 Å². The molecule has 1 saturated heterocycles. The smallest absolute Gasteiger partial charge is 0.212 e. The number of rotatable bonds is 5. The molecule has 0 spiro atoms.